The van der Waals surface area contributed by atoms with Gasteiger partial charge in [0.05, 0.1) is 0 Å². The summed E-state index contributed by atoms with van der Waals surface area (Å²) in [7, 11) is 0. The van der Waals surface area contributed by atoms with Crippen molar-refractivity contribution in [3.8, 4) is 0 Å². The summed E-state index contributed by atoms with van der Waals surface area (Å²) in [5, 5.41) is 6.36. The van der Waals surface area contributed by atoms with Crippen LogP contribution in [0.3, 0.4) is 0 Å². The van der Waals surface area contributed by atoms with Crippen molar-refractivity contribution >= 4 is 35.1 Å². The third kappa shape index (κ3) is 7.13. The summed E-state index contributed by atoms with van der Waals surface area (Å²) >= 11 is 5.99. The van der Waals surface area contributed by atoms with E-state index < -0.39 is 6.04 Å². The largest absolute Gasteiger partial charge is 0.344 e. The highest BCUT2D eigenvalue weighted by atomic mass is 35.5. The minimum absolute atomic E-state index is 0.0306. The molecule has 1 saturated heterocycles. The topological polar surface area (TPSA) is 81.8 Å². The molecule has 8 heteroatoms. The Morgan fingerprint density at radius 2 is 1.90 bits per heavy atom. The van der Waals surface area contributed by atoms with E-state index in [1.54, 1.807) is 34.1 Å². The lowest BCUT2D eigenvalue weighted by Gasteiger charge is -2.41. The van der Waals surface area contributed by atoms with Crippen LogP contribution >= 0.6 is 11.6 Å². The number of nitrogens with zero attached hydrogens (tertiary/aromatic N) is 2. The standard InChI is InChI=1S/C23H35ClN4O3/c1-6-16(4)21(26-20(29)12-15(2)3)22(30)27-10-11-28(17(5)14-27)23(31)25-19-9-7-8-18(24)13-19/h7-9,13,15-17,21H,6,10-12,14H2,1-5H3,(H,25,31)(H,26,29). The number of carbonyl (C=O) groups is 3. The fourth-order valence-corrected chi connectivity index (χ4v) is 3.89. The van der Waals surface area contributed by atoms with Gasteiger partial charge in [-0.05, 0) is 37.0 Å². The predicted molar refractivity (Wildman–Crippen MR) is 124 cm³/mol. The highest BCUT2D eigenvalue weighted by molar-refractivity contribution is 6.30. The van der Waals surface area contributed by atoms with Crippen LogP contribution in [0.25, 0.3) is 0 Å². The van der Waals surface area contributed by atoms with Crippen LogP contribution in [-0.4, -0.2) is 59.4 Å². The van der Waals surface area contributed by atoms with Gasteiger partial charge in [-0.2, -0.15) is 0 Å². The first-order chi connectivity index (χ1) is 14.6. The highest BCUT2D eigenvalue weighted by Crippen LogP contribution is 2.19. The van der Waals surface area contributed by atoms with Crippen molar-refractivity contribution in [1.29, 1.82) is 0 Å². The normalized spacial score (nSPS) is 18.5. The van der Waals surface area contributed by atoms with Crippen molar-refractivity contribution in [2.24, 2.45) is 11.8 Å². The average Bonchev–Trinajstić information content (AvgIpc) is 2.70. The third-order valence-corrected chi connectivity index (χ3v) is 5.90. The number of rotatable bonds is 7. The van der Waals surface area contributed by atoms with Gasteiger partial charge in [0, 0.05) is 42.8 Å². The molecule has 0 spiro atoms. The lowest BCUT2D eigenvalue weighted by atomic mass is 9.96. The molecule has 1 aliphatic rings. The fourth-order valence-electron chi connectivity index (χ4n) is 3.70. The maximum absolute atomic E-state index is 13.2. The molecule has 7 nitrogen and oxygen atoms in total. The quantitative estimate of drug-likeness (QED) is 0.659. The van der Waals surface area contributed by atoms with Crippen LogP contribution in [0.5, 0.6) is 0 Å². The zero-order valence-electron chi connectivity index (χ0n) is 19.2. The van der Waals surface area contributed by atoms with E-state index in [1.165, 1.54) is 0 Å². The summed E-state index contributed by atoms with van der Waals surface area (Å²) in [6.45, 7) is 11.2. The smallest absolute Gasteiger partial charge is 0.322 e. The van der Waals surface area contributed by atoms with E-state index in [-0.39, 0.29) is 35.7 Å². The Kier molecular flexibility index (Phi) is 9.16. The fraction of sp³-hybridized carbons (Fsp3) is 0.609. The maximum Gasteiger partial charge on any atom is 0.322 e. The number of piperazine rings is 1. The summed E-state index contributed by atoms with van der Waals surface area (Å²) in [5.41, 5.74) is 0.632. The van der Waals surface area contributed by atoms with E-state index in [1.807, 2.05) is 34.6 Å². The molecule has 2 N–H and O–H groups in total. The number of urea groups is 1. The number of anilines is 1. The van der Waals surface area contributed by atoms with Gasteiger partial charge in [-0.3, -0.25) is 9.59 Å². The van der Waals surface area contributed by atoms with E-state index in [2.05, 4.69) is 10.6 Å². The molecule has 4 amide bonds. The van der Waals surface area contributed by atoms with Crippen molar-refractivity contribution in [3.63, 3.8) is 0 Å². The molecule has 1 heterocycles. The monoisotopic (exact) mass is 450 g/mol. The van der Waals surface area contributed by atoms with Crippen LogP contribution in [0.15, 0.2) is 24.3 Å². The average molecular weight is 451 g/mol. The Balaban J connectivity index is 2.00. The molecule has 3 atom stereocenters. The van der Waals surface area contributed by atoms with Gasteiger partial charge in [0.1, 0.15) is 6.04 Å². The van der Waals surface area contributed by atoms with Gasteiger partial charge < -0.3 is 20.4 Å². The Bertz CT molecular complexity index is 786. The minimum atomic E-state index is -0.546. The van der Waals surface area contributed by atoms with Crippen LogP contribution in [0.4, 0.5) is 10.5 Å². The molecule has 1 aromatic carbocycles. The van der Waals surface area contributed by atoms with Crippen molar-refractivity contribution in [2.75, 3.05) is 25.0 Å². The van der Waals surface area contributed by atoms with Crippen LogP contribution in [-0.2, 0) is 9.59 Å². The van der Waals surface area contributed by atoms with Crippen molar-refractivity contribution in [1.82, 2.24) is 15.1 Å². The molecule has 2 rings (SSSR count). The first-order valence-electron chi connectivity index (χ1n) is 11.0. The number of hydrogen-bond acceptors (Lipinski definition) is 3. The zero-order chi connectivity index (χ0) is 23.1. The Labute approximate surface area is 190 Å². The number of carbonyl (C=O) groups excluding carboxylic acids is 3. The summed E-state index contributed by atoms with van der Waals surface area (Å²) in [6, 6.07) is 6.09. The Morgan fingerprint density at radius 3 is 2.48 bits per heavy atom. The number of benzene rings is 1. The van der Waals surface area contributed by atoms with Crippen molar-refractivity contribution < 1.29 is 14.4 Å². The molecule has 31 heavy (non-hydrogen) atoms. The number of halogens is 1. The summed E-state index contributed by atoms with van der Waals surface area (Å²) in [6.07, 6.45) is 1.18. The highest BCUT2D eigenvalue weighted by Gasteiger charge is 2.35. The van der Waals surface area contributed by atoms with E-state index in [0.29, 0.717) is 36.8 Å². The first kappa shape index (κ1) is 25.0. The van der Waals surface area contributed by atoms with Gasteiger partial charge in [-0.15, -0.1) is 0 Å². The van der Waals surface area contributed by atoms with Crippen LogP contribution in [0.2, 0.25) is 5.02 Å². The lowest BCUT2D eigenvalue weighted by Crippen LogP contribution is -2.60. The molecule has 1 aromatic rings. The van der Waals surface area contributed by atoms with Gasteiger partial charge in [-0.1, -0.05) is 51.8 Å². The van der Waals surface area contributed by atoms with E-state index in [9.17, 15) is 14.4 Å². The molecule has 3 unspecified atom stereocenters. The predicted octanol–water partition coefficient (Wildman–Crippen LogP) is 3.98. The molecule has 0 bridgehead atoms. The molecular weight excluding hydrogens is 416 g/mol. The summed E-state index contributed by atoms with van der Waals surface area (Å²) < 4.78 is 0. The van der Waals surface area contributed by atoms with Crippen molar-refractivity contribution in [3.05, 3.63) is 29.3 Å². The summed E-state index contributed by atoms with van der Waals surface area (Å²) in [5.74, 6) is 0.0896. The zero-order valence-corrected chi connectivity index (χ0v) is 19.9. The molecule has 172 valence electrons. The second kappa shape index (κ2) is 11.4. The van der Waals surface area contributed by atoms with Crippen LogP contribution in [0.1, 0.15) is 47.5 Å². The minimum Gasteiger partial charge on any atom is -0.344 e. The van der Waals surface area contributed by atoms with Gasteiger partial charge in [0.15, 0.2) is 0 Å². The van der Waals surface area contributed by atoms with Crippen molar-refractivity contribution in [2.45, 2.75) is 59.5 Å². The van der Waals surface area contributed by atoms with Crippen LogP contribution < -0.4 is 10.6 Å². The molecule has 0 aliphatic carbocycles. The van der Waals surface area contributed by atoms with Gasteiger partial charge in [0.2, 0.25) is 11.8 Å². The van der Waals surface area contributed by atoms with E-state index in [0.717, 1.165) is 6.42 Å². The maximum atomic E-state index is 13.2. The molecule has 1 fully saturated rings. The van der Waals surface area contributed by atoms with E-state index >= 15 is 0 Å². The van der Waals surface area contributed by atoms with E-state index in [4.69, 9.17) is 11.6 Å². The molecule has 0 radical (unpaired) electrons. The number of hydrogen-bond donors (Lipinski definition) is 2. The Hall–Kier alpha value is -2.28. The lowest BCUT2D eigenvalue weighted by molar-refractivity contribution is -0.140. The van der Waals surface area contributed by atoms with Crippen LogP contribution in [0, 0.1) is 11.8 Å². The molecular formula is C23H35ClN4O3. The molecule has 0 saturated carbocycles. The second-order valence-electron chi connectivity index (χ2n) is 8.80. The second-order valence-corrected chi connectivity index (χ2v) is 9.23. The summed E-state index contributed by atoms with van der Waals surface area (Å²) in [4.78, 5) is 41.8. The SMILES string of the molecule is CCC(C)C(NC(=O)CC(C)C)C(=O)N1CCN(C(=O)Nc2cccc(Cl)c2)C(C)C1. The molecule has 0 aromatic heterocycles. The van der Waals surface area contributed by atoms with Gasteiger partial charge in [-0.25, -0.2) is 4.79 Å². The molecule has 1 aliphatic heterocycles. The van der Waals surface area contributed by atoms with Gasteiger partial charge >= 0.3 is 6.03 Å². The first-order valence-corrected chi connectivity index (χ1v) is 11.4. The van der Waals surface area contributed by atoms with Gasteiger partial charge in [0.25, 0.3) is 0 Å². The Morgan fingerprint density at radius 1 is 1.19 bits per heavy atom. The number of amides is 4. The third-order valence-electron chi connectivity index (χ3n) is 5.67. The number of nitrogens with one attached hydrogen (secondary N) is 2.